The number of carbonyl (C=O) groups excluding carboxylic acids is 2. The summed E-state index contributed by atoms with van der Waals surface area (Å²) in [6, 6.07) is 13.4. The van der Waals surface area contributed by atoms with Gasteiger partial charge in [-0.15, -0.1) is 0 Å². The molecule has 0 aliphatic heterocycles. The summed E-state index contributed by atoms with van der Waals surface area (Å²) in [5.74, 6) is 1.62. The Balaban J connectivity index is 1.41. The minimum Gasteiger partial charge on any atom is -0.508 e. The number of ether oxygens (including phenoxy) is 1. The van der Waals surface area contributed by atoms with Crippen LogP contribution < -0.4 is 15.4 Å². The van der Waals surface area contributed by atoms with Crippen molar-refractivity contribution in [2.24, 2.45) is 0 Å². The molecule has 0 fully saturated rings. The van der Waals surface area contributed by atoms with Crippen LogP contribution in [0.5, 0.6) is 17.2 Å². The van der Waals surface area contributed by atoms with Gasteiger partial charge in [0.25, 0.3) is 0 Å². The Hall–Kier alpha value is -2.67. The quantitative estimate of drug-likeness (QED) is 0.0827. The van der Waals surface area contributed by atoms with E-state index in [4.69, 9.17) is 4.74 Å². The van der Waals surface area contributed by atoms with E-state index in [1.54, 1.807) is 48.5 Å². The Labute approximate surface area is 258 Å². The predicted molar refractivity (Wildman–Crippen MR) is 178 cm³/mol. The van der Waals surface area contributed by atoms with Gasteiger partial charge in [-0.25, -0.2) is 0 Å². The SMILES string of the molecule is CCCCCCCCCCCCCCCCC(C)SCCNC(=O)CC(=O)Nc1ccc(Oc2ccc(O)cc2)cc1. The van der Waals surface area contributed by atoms with Crippen LogP contribution in [0.2, 0.25) is 0 Å². The van der Waals surface area contributed by atoms with Crippen molar-refractivity contribution in [1.82, 2.24) is 5.32 Å². The zero-order valence-electron chi connectivity index (χ0n) is 26.0. The fraction of sp³-hybridized carbons (Fsp3) is 0.600. The van der Waals surface area contributed by atoms with Gasteiger partial charge in [-0.3, -0.25) is 9.59 Å². The molecule has 0 saturated carbocycles. The van der Waals surface area contributed by atoms with Crippen molar-refractivity contribution >= 4 is 29.3 Å². The van der Waals surface area contributed by atoms with E-state index in [0.717, 1.165) is 5.75 Å². The van der Waals surface area contributed by atoms with Crippen molar-refractivity contribution in [2.45, 2.75) is 122 Å². The van der Waals surface area contributed by atoms with Crippen molar-refractivity contribution in [3.8, 4) is 17.2 Å². The molecule has 7 heteroatoms. The van der Waals surface area contributed by atoms with Crippen LogP contribution in [0.1, 0.15) is 117 Å². The first-order chi connectivity index (χ1) is 20.5. The summed E-state index contributed by atoms with van der Waals surface area (Å²) in [5.41, 5.74) is 0.596. The van der Waals surface area contributed by atoms with Gasteiger partial charge in [0.05, 0.1) is 0 Å². The summed E-state index contributed by atoms with van der Waals surface area (Å²) in [6.07, 6.45) is 20.4. The fourth-order valence-electron chi connectivity index (χ4n) is 4.83. The molecule has 0 spiro atoms. The highest BCUT2D eigenvalue weighted by molar-refractivity contribution is 7.99. The van der Waals surface area contributed by atoms with Gasteiger partial charge in [0.2, 0.25) is 11.8 Å². The Morgan fingerprint density at radius 3 is 1.79 bits per heavy atom. The lowest BCUT2D eigenvalue weighted by Crippen LogP contribution is -2.30. The molecule has 2 rings (SSSR count). The van der Waals surface area contributed by atoms with Gasteiger partial charge in [-0.2, -0.15) is 11.8 Å². The molecular formula is C35H54N2O4S. The van der Waals surface area contributed by atoms with Gasteiger partial charge >= 0.3 is 0 Å². The first-order valence-electron chi connectivity index (χ1n) is 16.2. The molecule has 42 heavy (non-hydrogen) atoms. The minimum absolute atomic E-state index is 0.174. The van der Waals surface area contributed by atoms with Crippen LogP contribution in [0, 0.1) is 0 Å². The third-order valence-electron chi connectivity index (χ3n) is 7.32. The molecule has 0 heterocycles. The van der Waals surface area contributed by atoms with Crippen LogP contribution in [-0.2, 0) is 9.59 Å². The maximum atomic E-state index is 12.3. The van der Waals surface area contributed by atoms with E-state index >= 15 is 0 Å². The topological polar surface area (TPSA) is 87.7 Å². The third kappa shape index (κ3) is 18.0. The Morgan fingerprint density at radius 2 is 1.24 bits per heavy atom. The van der Waals surface area contributed by atoms with Crippen molar-refractivity contribution < 1.29 is 19.4 Å². The lowest BCUT2D eigenvalue weighted by Gasteiger charge is -2.12. The summed E-state index contributed by atoms with van der Waals surface area (Å²) in [5, 5.41) is 15.5. The third-order valence-corrected chi connectivity index (χ3v) is 8.57. The average molecular weight is 599 g/mol. The van der Waals surface area contributed by atoms with Crippen LogP contribution in [0.15, 0.2) is 48.5 Å². The second kappa shape index (κ2) is 22.9. The first kappa shape index (κ1) is 35.5. The molecule has 0 aliphatic carbocycles. The fourth-order valence-corrected chi connectivity index (χ4v) is 5.79. The summed E-state index contributed by atoms with van der Waals surface area (Å²) in [7, 11) is 0. The number of hydrogen-bond acceptors (Lipinski definition) is 5. The van der Waals surface area contributed by atoms with E-state index in [9.17, 15) is 14.7 Å². The van der Waals surface area contributed by atoms with E-state index in [1.807, 2.05) is 11.8 Å². The number of phenolic OH excluding ortho intramolecular Hbond substituents is 1. The average Bonchev–Trinajstić information content (AvgIpc) is 2.97. The van der Waals surface area contributed by atoms with Crippen molar-refractivity contribution in [3.63, 3.8) is 0 Å². The Kier molecular flexibility index (Phi) is 19.3. The van der Waals surface area contributed by atoms with Gasteiger partial charge in [-0.1, -0.05) is 104 Å². The second-order valence-electron chi connectivity index (χ2n) is 11.3. The highest BCUT2D eigenvalue weighted by Gasteiger charge is 2.10. The van der Waals surface area contributed by atoms with Crippen LogP contribution in [-0.4, -0.2) is 34.5 Å². The maximum absolute atomic E-state index is 12.3. The number of thioether (sulfide) groups is 1. The predicted octanol–water partition coefficient (Wildman–Crippen LogP) is 9.62. The monoisotopic (exact) mass is 598 g/mol. The number of aromatic hydroxyl groups is 1. The largest absolute Gasteiger partial charge is 0.508 e. The van der Waals surface area contributed by atoms with E-state index in [1.165, 1.54) is 96.3 Å². The lowest BCUT2D eigenvalue weighted by molar-refractivity contribution is -0.126. The van der Waals surface area contributed by atoms with Gasteiger partial charge in [-0.05, 0) is 55.0 Å². The maximum Gasteiger partial charge on any atom is 0.233 e. The van der Waals surface area contributed by atoms with E-state index in [0.29, 0.717) is 29.0 Å². The zero-order valence-corrected chi connectivity index (χ0v) is 26.8. The molecule has 0 aromatic heterocycles. The first-order valence-corrected chi connectivity index (χ1v) is 17.3. The number of amides is 2. The minimum atomic E-state index is -0.349. The molecule has 6 nitrogen and oxygen atoms in total. The molecule has 2 amide bonds. The van der Waals surface area contributed by atoms with Crippen LogP contribution in [0.3, 0.4) is 0 Å². The smallest absolute Gasteiger partial charge is 0.233 e. The van der Waals surface area contributed by atoms with E-state index in [2.05, 4.69) is 24.5 Å². The molecule has 0 radical (unpaired) electrons. The van der Waals surface area contributed by atoms with Crippen molar-refractivity contribution in [2.75, 3.05) is 17.6 Å². The molecular weight excluding hydrogens is 544 g/mol. The number of anilines is 1. The van der Waals surface area contributed by atoms with E-state index < -0.39 is 0 Å². The molecule has 1 unspecified atom stereocenters. The molecule has 0 aliphatic rings. The van der Waals surface area contributed by atoms with Crippen LogP contribution >= 0.6 is 11.8 Å². The van der Waals surface area contributed by atoms with Crippen molar-refractivity contribution in [1.29, 1.82) is 0 Å². The number of unbranched alkanes of at least 4 members (excludes halogenated alkanes) is 13. The number of benzene rings is 2. The van der Waals surface area contributed by atoms with Gasteiger partial charge in [0.1, 0.15) is 23.7 Å². The molecule has 234 valence electrons. The number of nitrogens with one attached hydrogen (secondary N) is 2. The molecule has 0 bridgehead atoms. The lowest BCUT2D eigenvalue weighted by atomic mass is 10.0. The second-order valence-corrected chi connectivity index (χ2v) is 12.8. The van der Waals surface area contributed by atoms with Crippen molar-refractivity contribution in [3.05, 3.63) is 48.5 Å². The Morgan fingerprint density at radius 1 is 0.738 bits per heavy atom. The number of carbonyl (C=O) groups is 2. The normalized spacial score (nSPS) is 11.7. The Bertz CT molecular complexity index is 981. The van der Waals surface area contributed by atoms with Gasteiger partial charge < -0.3 is 20.5 Å². The number of hydrogen-bond donors (Lipinski definition) is 3. The molecule has 1 atom stereocenters. The molecule has 2 aromatic carbocycles. The summed E-state index contributed by atoms with van der Waals surface area (Å²) in [4.78, 5) is 24.4. The summed E-state index contributed by atoms with van der Waals surface area (Å²) >= 11 is 1.89. The number of rotatable bonds is 24. The molecule has 2 aromatic rings. The molecule has 0 saturated heterocycles. The zero-order chi connectivity index (χ0) is 30.3. The van der Waals surface area contributed by atoms with Crippen LogP contribution in [0.4, 0.5) is 5.69 Å². The highest BCUT2D eigenvalue weighted by Crippen LogP contribution is 2.25. The van der Waals surface area contributed by atoms with Gasteiger partial charge in [0.15, 0.2) is 0 Å². The van der Waals surface area contributed by atoms with Crippen LogP contribution in [0.25, 0.3) is 0 Å². The van der Waals surface area contributed by atoms with Gasteiger partial charge in [0, 0.05) is 23.2 Å². The summed E-state index contributed by atoms with van der Waals surface area (Å²) in [6.45, 7) is 5.12. The highest BCUT2D eigenvalue weighted by atomic mass is 32.2. The number of phenols is 1. The van der Waals surface area contributed by atoms with E-state index in [-0.39, 0.29) is 24.0 Å². The molecule has 3 N–H and O–H groups in total. The standard InChI is InChI=1S/C35H54N2O4S/c1-3-4-5-6-7-8-9-10-11-12-13-14-15-16-17-29(2)42-27-26-36-34(39)28-35(40)37-30-18-22-32(23-19-30)41-33-24-20-31(38)21-25-33/h18-25,29,38H,3-17,26-28H2,1-2H3,(H,36,39)(H,37,40). The summed E-state index contributed by atoms with van der Waals surface area (Å²) < 4.78 is 5.70.